The largest absolute Gasteiger partial charge is 0.392 e. The van der Waals surface area contributed by atoms with Crippen molar-refractivity contribution in [1.82, 2.24) is 0 Å². The van der Waals surface area contributed by atoms with E-state index in [0.29, 0.717) is 17.3 Å². The van der Waals surface area contributed by atoms with Gasteiger partial charge in [0, 0.05) is 18.2 Å². The Morgan fingerprint density at radius 2 is 2.31 bits per heavy atom. The van der Waals surface area contributed by atoms with Crippen LogP contribution in [0.4, 0.5) is 10.1 Å². The van der Waals surface area contributed by atoms with E-state index in [9.17, 15) is 9.50 Å². The summed E-state index contributed by atoms with van der Waals surface area (Å²) in [5.74, 6) is -0.216. The van der Waals surface area contributed by atoms with Gasteiger partial charge in [-0.3, -0.25) is 0 Å². The molecule has 1 aromatic carbocycles. The van der Waals surface area contributed by atoms with Crippen molar-refractivity contribution >= 4 is 5.69 Å². The summed E-state index contributed by atoms with van der Waals surface area (Å²) >= 11 is 0. The lowest BCUT2D eigenvalue weighted by atomic mass is 10.1. The lowest BCUT2D eigenvalue weighted by molar-refractivity contribution is 0.281. The lowest BCUT2D eigenvalue weighted by Crippen LogP contribution is -2.30. The Balaban J connectivity index is 2.38. The van der Waals surface area contributed by atoms with E-state index in [0.717, 1.165) is 25.8 Å². The van der Waals surface area contributed by atoms with Crippen molar-refractivity contribution in [2.45, 2.75) is 38.8 Å². The minimum Gasteiger partial charge on any atom is -0.392 e. The van der Waals surface area contributed by atoms with Crippen molar-refractivity contribution in [3.63, 3.8) is 0 Å². The molecule has 0 saturated carbocycles. The van der Waals surface area contributed by atoms with Crippen LogP contribution in [-0.2, 0) is 6.61 Å². The number of hydrogen-bond acceptors (Lipinski definition) is 2. The molecule has 1 saturated heterocycles. The average Bonchev–Trinajstić information content (AvgIpc) is 2.76. The van der Waals surface area contributed by atoms with Crippen LogP contribution >= 0.6 is 0 Å². The zero-order valence-electron chi connectivity index (χ0n) is 9.62. The summed E-state index contributed by atoms with van der Waals surface area (Å²) in [7, 11) is 0. The fraction of sp³-hybridized carbons (Fsp3) is 0.538. The number of halogens is 1. The Morgan fingerprint density at radius 1 is 1.50 bits per heavy atom. The predicted molar refractivity (Wildman–Crippen MR) is 63.0 cm³/mol. The Bertz CT molecular complexity index is 367. The SMILES string of the molecule is CCC1CCCN1c1c(F)cccc1CO. The molecule has 2 nitrogen and oxygen atoms in total. The van der Waals surface area contributed by atoms with Gasteiger partial charge < -0.3 is 10.0 Å². The second-order valence-corrected chi connectivity index (χ2v) is 4.30. The first kappa shape index (κ1) is 11.4. The van der Waals surface area contributed by atoms with Crippen LogP contribution in [0.25, 0.3) is 0 Å². The quantitative estimate of drug-likeness (QED) is 0.851. The van der Waals surface area contributed by atoms with Gasteiger partial charge in [-0.25, -0.2) is 4.39 Å². The number of hydrogen-bond donors (Lipinski definition) is 1. The van der Waals surface area contributed by atoms with Crippen molar-refractivity contribution in [2.24, 2.45) is 0 Å². The van der Waals surface area contributed by atoms with Crippen molar-refractivity contribution < 1.29 is 9.50 Å². The van der Waals surface area contributed by atoms with Crippen molar-refractivity contribution in [2.75, 3.05) is 11.4 Å². The molecule has 88 valence electrons. The standard InChI is InChI=1S/C13H18FNO/c1-2-11-6-4-8-15(11)13-10(9-16)5-3-7-12(13)14/h3,5,7,11,16H,2,4,6,8-9H2,1H3. The van der Waals surface area contributed by atoms with Gasteiger partial charge in [0.15, 0.2) is 0 Å². The molecule has 0 bridgehead atoms. The van der Waals surface area contributed by atoms with Crippen molar-refractivity contribution in [3.8, 4) is 0 Å². The van der Waals surface area contributed by atoms with Crippen LogP contribution in [0.3, 0.4) is 0 Å². The third-order valence-electron chi connectivity index (χ3n) is 3.38. The molecule has 0 radical (unpaired) electrons. The van der Waals surface area contributed by atoms with E-state index >= 15 is 0 Å². The molecule has 0 spiro atoms. The fourth-order valence-corrected chi connectivity index (χ4v) is 2.56. The molecule has 0 amide bonds. The van der Waals surface area contributed by atoms with Gasteiger partial charge in [-0.05, 0) is 25.3 Å². The first-order valence-corrected chi connectivity index (χ1v) is 5.92. The summed E-state index contributed by atoms with van der Waals surface area (Å²) < 4.78 is 13.8. The maximum atomic E-state index is 13.8. The third kappa shape index (κ3) is 1.92. The minimum absolute atomic E-state index is 0.0972. The number of rotatable bonds is 3. The topological polar surface area (TPSA) is 23.5 Å². The van der Waals surface area contributed by atoms with Gasteiger partial charge in [0.1, 0.15) is 5.82 Å². The monoisotopic (exact) mass is 223 g/mol. The van der Waals surface area contributed by atoms with Gasteiger partial charge >= 0.3 is 0 Å². The van der Waals surface area contributed by atoms with Crippen molar-refractivity contribution in [3.05, 3.63) is 29.6 Å². The van der Waals surface area contributed by atoms with Gasteiger partial charge in [-0.1, -0.05) is 19.1 Å². The second-order valence-electron chi connectivity index (χ2n) is 4.30. The summed E-state index contributed by atoms with van der Waals surface area (Å²) in [6.07, 6.45) is 3.26. The van der Waals surface area contributed by atoms with Gasteiger partial charge in [0.05, 0.1) is 12.3 Å². The zero-order valence-corrected chi connectivity index (χ0v) is 9.62. The van der Waals surface area contributed by atoms with Crippen LogP contribution in [0.1, 0.15) is 31.7 Å². The summed E-state index contributed by atoms with van der Waals surface area (Å²) in [4.78, 5) is 2.11. The highest BCUT2D eigenvalue weighted by atomic mass is 19.1. The summed E-state index contributed by atoms with van der Waals surface area (Å²) in [6.45, 7) is 2.93. The van der Waals surface area contributed by atoms with E-state index in [-0.39, 0.29) is 12.4 Å². The molecule has 1 N–H and O–H groups in total. The number of para-hydroxylation sites is 1. The number of nitrogens with zero attached hydrogens (tertiary/aromatic N) is 1. The van der Waals surface area contributed by atoms with E-state index in [1.807, 2.05) is 0 Å². The van der Waals surface area contributed by atoms with Crippen LogP contribution in [0.2, 0.25) is 0 Å². The molecule has 1 fully saturated rings. The van der Waals surface area contributed by atoms with E-state index in [1.54, 1.807) is 12.1 Å². The molecule has 1 aliphatic heterocycles. The summed E-state index contributed by atoms with van der Waals surface area (Å²) in [5.41, 5.74) is 1.30. The molecule has 1 unspecified atom stereocenters. The maximum Gasteiger partial charge on any atom is 0.146 e. The molecule has 1 aliphatic rings. The molecule has 1 atom stereocenters. The highest BCUT2D eigenvalue weighted by Gasteiger charge is 2.26. The van der Waals surface area contributed by atoms with Gasteiger partial charge in [-0.15, -0.1) is 0 Å². The zero-order chi connectivity index (χ0) is 11.5. The van der Waals surface area contributed by atoms with Crippen molar-refractivity contribution in [1.29, 1.82) is 0 Å². The van der Waals surface area contributed by atoms with Crippen LogP contribution < -0.4 is 4.90 Å². The molecule has 1 aromatic rings. The third-order valence-corrected chi connectivity index (χ3v) is 3.38. The van der Waals surface area contributed by atoms with Gasteiger partial charge in [-0.2, -0.15) is 0 Å². The first-order valence-electron chi connectivity index (χ1n) is 5.92. The Labute approximate surface area is 95.7 Å². The molecular formula is C13H18FNO. The van der Waals surface area contributed by atoms with E-state index in [2.05, 4.69) is 11.8 Å². The molecule has 0 aliphatic carbocycles. The van der Waals surface area contributed by atoms with Crippen LogP contribution in [-0.4, -0.2) is 17.7 Å². The van der Waals surface area contributed by atoms with E-state index < -0.39 is 0 Å². The molecule has 3 heteroatoms. The molecule has 2 rings (SSSR count). The second kappa shape index (κ2) is 4.83. The molecular weight excluding hydrogens is 205 g/mol. The van der Waals surface area contributed by atoms with Gasteiger partial charge in [0.25, 0.3) is 0 Å². The van der Waals surface area contributed by atoms with E-state index in [1.165, 1.54) is 6.07 Å². The maximum absolute atomic E-state index is 13.8. The Morgan fingerprint density at radius 3 is 3.00 bits per heavy atom. The minimum atomic E-state index is -0.216. The normalized spacial score (nSPS) is 20.4. The Kier molecular flexibility index (Phi) is 3.44. The lowest BCUT2D eigenvalue weighted by Gasteiger charge is -2.28. The number of aliphatic hydroxyl groups excluding tert-OH is 1. The highest BCUT2D eigenvalue weighted by Crippen LogP contribution is 2.32. The van der Waals surface area contributed by atoms with E-state index in [4.69, 9.17) is 0 Å². The van der Waals surface area contributed by atoms with Crippen LogP contribution in [0, 0.1) is 5.82 Å². The molecule has 1 heterocycles. The predicted octanol–water partition coefficient (Wildman–Crippen LogP) is 2.70. The van der Waals surface area contributed by atoms with Gasteiger partial charge in [0.2, 0.25) is 0 Å². The molecule has 16 heavy (non-hydrogen) atoms. The highest BCUT2D eigenvalue weighted by molar-refractivity contribution is 5.56. The van der Waals surface area contributed by atoms with Crippen LogP contribution in [0.15, 0.2) is 18.2 Å². The number of aliphatic hydroxyl groups is 1. The summed E-state index contributed by atoms with van der Waals surface area (Å²) in [5, 5.41) is 9.27. The number of anilines is 1. The number of benzene rings is 1. The fourth-order valence-electron chi connectivity index (χ4n) is 2.56. The van der Waals surface area contributed by atoms with Crippen LogP contribution in [0.5, 0.6) is 0 Å². The average molecular weight is 223 g/mol. The first-order chi connectivity index (χ1) is 7.77. The summed E-state index contributed by atoms with van der Waals surface area (Å²) in [6, 6.07) is 5.34. The molecule has 0 aromatic heterocycles. The Hall–Kier alpha value is -1.09. The smallest absolute Gasteiger partial charge is 0.146 e.